The minimum atomic E-state index is -2.21. The van der Waals surface area contributed by atoms with Gasteiger partial charge in [0.05, 0.1) is 24.5 Å². The first kappa shape index (κ1) is 26.0. The van der Waals surface area contributed by atoms with Crippen LogP contribution < -0.4 is 10.6 Å². The molecule has 0 atom stereocenters. The molecule has 0 spiro atoms. The summed E-state index contributed by atoms with van der Waals surface area (Å²) in [4.78, 5) is 28.5. The van der Waals surface area contributed by atoms with Crippen LogP contribution in [0.1, 0.15) is 33.7 Å². The van der Waals surface area contributed by atoms with Crippen molar-refractivity contribution >= 4 is 17.6 Å². The maximum atomic E-state index is 14.3. The fourth-order valence-corrected chi connectivity index (χ4v) is 3.84. The summed E-state index contributed by atoms with van der Waals surface area (Å²) in [6.07, 6.45) is -0.949. The van der Waals surface area contributed by atoms with Crippen LogP contribution in [0.2, 0.25) is 0 Å². The Morgan fingerprint density at radius 1 is 1.26 bits per heavy atom. The average Bonchev–Trinajstić information content (AvgIpc) is 3.11. The third-order valence-corrected chi connectivity index (χ3v) is 5.60. The molecule has 0 saturated heterocycles. The zero-order chi connectivity index (χ0) is 25.7. The zero-order valence-electron chi connectivity index (χ0n) is 19.2. The van der Waals surface area contributed by atoms with Gasteiger partial charge in [0, 0.05) is 38.7 Å². The summed E-state index contributed by atoms with van der Waals surface area (Å²) in [6.45, 7) is 1.55. The van der Waals surface area contributed by atoms with E-state index in [0.29, 0.717) is 37.3 Å². The van der Waals surface area contributed by atoms with E-state index in [0.717, 1.165) is 24.2 Å². The summed E-state index contributed by atoms with van der Waals surface area (Å²) in [5.74, 6) is -2.24. The van der Waals surface area contributed by atoms with Gasteiger partial charge in [0.25, 0.3) is 12.3 Å². The van der Waals surface area contributed by atoms with Crippen molar-refractivity contribution in [3.8, 4) is 6.07 Å². The van der Waals surface area contributed by atoms with E-state index in [4.69, 9.17) is 5.26 Å². The minimum Gasteiger partial charge on any atom is -0.340 e. The van der Waals surface area contributed by atoms with Crippen molar-refractivity contribution in [3.05, 3.63) is 46.3 Å². The Kier molecular flexibility index (Phi) is 8.29. The van der Waals surface area contributed by atoms with Crippen molar-refractivity contribution in [1.29, 1.82) is 5.26 Å². The van der Waals surface area contributed by atoms with E-state index in [1.165, 1.54) is 18.0 Å². The van der Waals surface area contributed by atoms with Gasteiger partial charge in [0.15, 0.2) is 5.82 Å². The molecular formula is C22H25F4N7O2. The molecule has 3 heterocycles. The summed E-state index contributed by atoms with van der Waals surface area (Å²) in [5.41, 5.74) is 0.940. The Labute approximate surface area is 199 Å². The van der Waals surface area contributed by atoms with Gasteiger partial charge in [-0.2, -0.15) is 10.4 Å². The number of alkyl halides is 2. The monoisotopic (exact) mass is 495 g/mol. The van der Waals surface area contributed by atoms with E-state index in [9.17, 15) is 27.2 Å². The molecule has 35 heavy (non-hydrogen) atoms. The number of carbonyl (C=O) groups is 2. The summed E-state index contributed by atoms with van der Waals surface area (Å²) < 4.78 is 51.4. The van der Waals surface area contributed by atoms with E-state index in [-0.39, 0.29) is 24.7 Å². The van der Waals surface area contributed by atoms with Gasteiger partial charge in [-0.05, 0) is 25.6 Å². The van der Waals surface area contributed by atoms with Crippen LogP contribution in [-0.2, 0) is 19.5 Å². The normalized spacial score (nSPS) is 15.0. The van der Waals surface area contributed by atoms with E-state index in [2.05, 4.69) is 15.7 Å². The smallest absolute Gasteiger partial charge is 0.322 e. The number of fused-ring (bicyclic) bond motifs is 3. The van der Waals surface area contributed by atoms with Gasteiger partial charge in [0.2, 0.25) is 0 Å². The predicted octanol–water partition coefficient (Wildman–Crippen LogP) is 2.57. The van der Waals surface area contributed by atoms with E-state index in [1.54, 1.807) is 16.6 Å². The van der Waals surface area contributed by atoms with Crippen molar-refractivity contribution in [2.75, 3.05) is 39.0 Å². The topological polar surface area (TPSA) is 106 Å². The fraction of sp³-hybridized carbons (Fsp3) is 0.455. The molecule has 3 amide bonds. The molecule has 1 aromatic carbocycles. The number of nitrogens with one attached hydrogen (secondary N) is 2. The van der Waals surface area contributed by atoms with E-state index >= 15 is 0 Å². The van der Waals surface area contributed by atoms with Crippen molar-refractivity contribution in [3.63, 3.8) is 0 Å². The number of nitrogens with zero attached hydrogens (tertiary/aromatic N) is 5. The molecule has 188 valence electrons. The largest absolute Gasteiger partial charge is 0.340 e. The Morgan fingerprint density at radius 3 is 2.63 bits per heavy atom. The third kappa shape index (κ3) is 5.71. The van der Waals surface area contributed by atoms with Gasteiger partial charge in [-0.3, -0.25) is 9.48 Å². The first-order chi connectivity index (χ1) is 16.7. The Balaban J connectivity index is 0.000000509. The first-order valence-corrected chi connectivity index (χ1v) is 10.9. The van der Waals surface area contributed by atoms with Crippen LogP contribution in [0.4, 0.5) is 28.0 Å². The van der Waals surface area contributed by atoms with Gasteiger partial charge >= 0.3 is 6.03 Å². The number of nitriles is 1. The van der Waals surface area contributed by atoms with Gasteiger partial charge in [-0.1, -0.05) is 0 Å². The van der Waals surface area contributed by atoms with Crippen molar-refractivity contribution in [2.45, 2.75) is 32.4 Å². The quantitative estimate of drug-likeness (QED) is 0.637. The summed E-state index contributed by atoms with van der Waals surface area (Å²) in [6, 6.07) is 2.85. The zero-order valence-corrected chi connectivity index (χ0v) is 19.2. The highest BCUT2D eigenvalue weighted by Gasteiger charge is 2.32. The number of halogens is 4. The molecule has 0 fully saturated rings. The molecule has 2 aliphatic rings. The van der Waals surface area contributed by atoms with Crippen LogP contribution in [0, 0.1) is 23.0 Å². The molecule has 0 saturated carbocycles. The van der Waals surface area contributed by atoms with Gasteiger partial charge < -0.3 is 20.4 Å². The number of carbonyl (C=O) groups excluding carboxylic acids is 2. The number of hydrogen-bond donors (Lipinski definition) is 2. The fourth-order valence-electron chi connectivity index (χ4n) is 3.84. The van der Waals surface area contributed by atoms with Crippen LogP contribution in [0.5, 0.6) is 0 Å². The molecule has 13 heteroatoms. The third-order valence-electron chi connectivity index (χ3n) is 5.60. The molecule has 0 aliphatic carbocycles. The lowest BCUT2D eigenvalue weighted by Crippen LogP contribution is -2.39. The van der Waals surface area contributed by atoms with Gasteiger partial charge in [-0.25, -0.2) is 22.4 Å². The number of anilines is 1. The highest BCUT2D eigenvalue weighted by molar-refractivity contribution is 5.95. The van der Waals surface area contributed by atoms with Crippen LogP contribution in [0.25, 0.3) is 0 Å². The second-order valence-electron chi connectivity index (χ2n) is 8.02. The molecule has 1 aromatic heterocycles. The Morgan fingerprint density at radius 2 is 2.00 bits per heavy atom. The first-order valence-electron chi connectivity index (χ1n) is 10.9. The average molecular weight is 495 g/mol. The maximum Gasteiger partial charge on any atom is 0.322 e. The lowest BCUT2D eigenvalue weighted by Gasteiger charge is -2.27. The van der Waals surface area contributed by atoms with Crippen molar-refractivity contribution in [1.82, 2.24) is 24.9 Å². The SMILES string of the molecule is CN1CCCn2nc3c(c2C1=O)CN(C(=O)Nc1ccc(F)c(C#N)c1F)CC3.CNCC(F)F. The highest BCUT2D eigenvalue weighted by atomic mass is 19.3. The Hall–Kier alpha value is -3.66. The van der Waals surface area contributed by atoms with Gasteiger partial charge in [-0.15, -0.1) is 0 Å². The molecule has 9 nitrogen and oxygen atoms in total. The second kappa shape index (κ2) is 11.2. The summed E-state index contributed by atoms with van der Waals surface area (Å²) in [7, 11) is 3.22. The lowest BCUT2D eigenvalue weighted by molar-refractivity contribution is 0.0793. The molecule has 0 radical (unpaired) electrons. The number of aryl methyl sites for hydroxylation is 1. The molecular weight excluding hydrogens is 470 g/mol. The molecule has 0 bridgehead atoms. The number of urea groups is 1. The molecule has 2 aromatic rings. The number of aromatic nitrogens is 2. The maximum absolute atomic E-state index is 14.3. The Bertz CT molecular complexity index is 1150. The van der Waals surface area contributed by atoms with Gasteiger partial charge in [0.1, 0.15) is 23.1 Å². The van der Waals surface area contributed by atoms with Crippen LogP contribution in [-0.4, -0.2) is 71.7 Å². The van der Waals surface area contributed by atoms with Crippen LogP contribution in [0.3, 0.4) is 0 Å². The molecule has 0 unspecified atom stereocenters. The lowest BCUT2D eigenvalue weighted by atomic mass is 10.0. The van der Waals surface area contributed by atoms with Crippen LogP contribution in [0.15, 0.2) is 12.1 Å². The number of hydrogen-bond acceptors (Lipinski definition) is 5. The van der Waals surface area contributed by atoms with Crippen molar-refractivity contribution in [2.24, 2.45) is 0 Å². The molecule has 2 aliphatic heterocycles. The molecule has 4 rings (SSSR count). The van der Waals surface area contributed by atoms with Crippen LogP contribution >= 0.6 is 0 Å². The summed E-state index contributed by atoms with van der Waals surface area (Å²) in [5, 5.41) is 18.1. The van der Waals surface area contributed by atoms with Crippen molar-refractivity contribution < 1.29 is 27.2 Å². The number of rotatable bonds is 3. The second-order valence-corrected chi connectivity index (χ2v) is 8.02. The number of amides is 3. The predicted molar refractivity (Wildman–Crippen MR) is 118 cm³/mol. The van der Waals surface area contributed by atoms with E-state index < -0.39 is 29.7 Å². The van der Waals surface area contributed by atoms with E-state index in [1.807, 2.05) is 0 Å². The standard InChI is InChI=1S/C19H18F2N6O2.C3H7F2N/c1-25-6-2-7-27-17(18(25)28)12-10-26(8-5-14(12)24-27)19(29)23-15-4-3-13(20)11(9-22)16(15)21;1-6-2-3(4)5/h3-4H,2,5-8,10H2,1H3,(H,23,29);3,6H,2H2,1H3. The molecule has 2 N–H and O–H groups in total. The summed E-state index contributed by atoms with van der Waals surface area (Å²) >= 11 is 0. The minimum absolute atomic E-state index is 0.137. The number of benzene rings is 1. The highest BCUT2D eigenvalue weighted by Crippen LogP contribution is 2.26.